The minimum atomic E-state index is 0.115. The zero-order chi connectivity index (χ0) is 21.6. The van der Waals surface area contributed by atoms with Crippen molar-refractivity contribution in [3.05, 3.63) is 53.6 Å². The third-order valence-corrected chi connectivity index (χ3v) is 7.71. The van der Waals surface area contributed by atoms with Crippen LogP contribution in [0.1, 0.15) is 17.5 Å². The van der Waals surface area contributed by atoms with Gasteiger partial charge in [-0.1, -0.05) is 35.6 Å². The van der Waals surface area contributed by atoms with Crippen molar-refractivity contribution in [1.82, 2.24) is 9.88 Å². The van der Waals surface area contributed by atoms with Crippen LogP contribution >= 0.6 is 23.1 Å². The molecule has 1 fully saturated rings. The average Bonchev–Trinajstić information content (AvgIpc) is 3.24. The predicted molar refractivity (Wildman–Crippen MR) is 130 cm³/mol. The fraction of sp³-hybridized carbons (Fsp3) is 0.417. The van der Waals surface area contributed by atoms with Crippen LogP contribution in [-0.4, -0.2) is 60.9 Å². The molecule has 0 bridgehead atoms. The number of hydrogen-bond donors (Lipinski definition) is 0. The molecule has 0 saturated carbocycles. The predicted octanol–water partition coefficient (Wildman–Crippen LogP) is 4.76. The van der Waals surface area contributed by atoms with Gasteiger partial charge in [0.1, 0.15) is 0 Å². The van der Waals surface area contributed by atoms with Crippen LogP contribution in [0.4, 0.5) is 5.13 Å². The second kappa shape index (κ2) is 10.6. The molecule has 5 nitrogen and oxygen atoms in total. The third-order valence-electron chi connectivity index (χ3n) is 5.67. The molecule has 1 amide bonds. The first-order chi connectivity index (χ1) is 15.1. The summed E-state index contributed by atoms with van der Waals surface area (Å²) in [4.78, 5) is 23.6. The maximum absolute atomic E-state index is 13.3. The van der Waals surface area contributed by atoms with Crippen LogP contribution in [0.25, 0.3) is 10.2 Å². The Morgan fingerprint density at radius 2 is 1.94 bits per heavy atom. The minimum absolute atomic E-state index is 0.115. The van der Waals surface area contributed by atoms with Gasteiger partial charge >= 0.3 is 0 Å². The number of morpholine rings is 1. The highest BCUT2D eigenvalue weighted by Gasteiger charge is 2.21. The largest absolute Gasteiger partial charge is 0.379 e. The maximum Gasteiger partial charge on any atom is 0.239 e. The smallest absolute Gasteiger partial charge is 0.239 e. The summed E-state index contributed by atoms with van der Waals surface area (Å²) in [6.45, 7) is 9.41. The summed E-state index contributed by atoms with van der Waals surface area (Å²) in [5.74, 6) is 0.527. The van der Waals surface area contributed by atoms with Crippen molar-refractivity contribution in [2.75, 3.05) is 50.0 Å². The van der Waals surface area contributed by atoms with Crippen molar-refractivity contribution in [1.29, 1.82) is 0 Å². The lowest BCUT2D eigenvalue weighted by atomic mass is 10.1. The van der Waals surface area contributed by atoms with Crippen molar-refractivity contribution in [2.45, 2.75) is 25.2 Å². The first kappa shape index (κ1) is 22.3. The van der Waals surface area contributed by atoms with E-state index in [1.54, 1.807) is 23.1 Å². The van der Waals surface area contributed by atoms with Crippen molar-refractivity contribution < 1.29 is 9.53 Å². The van der Waals surface area contributed by atoms with Crippen molar-refractivity contribution in [2.24, 2.45) is 0 Å². The van der Waals surface area contributed by atoms with Gasteiger partial charge in [-0.25, -0.2) is 4.98 Å². The van der Waals surface area contributed by atoms with Crippen LogP contribution < -0.4 is 4.90 Å². The molecule has 0 atom stereocenters. The van der Waals surface area contributed by atoms with Crippen LogP contribution in [-0.2, 0) is 9.53 Å². The summed E-state index contributed by atoms with van der Waals surface area (Å²) >= 11 is 3.20. The molecule has 1 aromatic heterocycles. The zero-order valence-corrected chi connectivity index (χ0v) is 19.8. The highest BCUT2D eigenvalue weighted by atomic mass is 32.2. The SMILES string of the molecule is Cc1ccc2sc(N(CCCN3CCOCC3)C(=O)CSc3ccccc3)nc2c1C. The van der Waals surface area contributed by atoms with Crippen LogP contribution in [0, 0.1) is 13.8 Å². The van der Waals surface area contributed by atoms with Crippen LogP contribution in [0.2, 0.25) is 0 Å². The second-order valence-corrected chi connectivity index (χ2v) is 9.86. The van der Waals surface area contributed by atoms with Crippen LogP contribution in [0.5, 0.6) is 0 Å². The Kier molecular flexibility index (Phi) is 7.61. The standard InChI is InChI=1S/C24H29N3O2S2/c1-18-9-10-21-23(19(18)2)25-24(31-21)27(12-6-11-26-13-15-29-16-14-26)22(28)17-30-20-7-4-3-5-8-20/h3-5,7-10H,6,11-17H2,1-2H3. The Morgan fingerprint density at radius 1 is 1.16 bits per heavy atom. The van der Waals surface area contributed by atoms with E-state index < -0.39 is 0 Å². The Balaban J connectivity index is 1.49. The molecule has 3 aromatic rings. The van der Waals surface area contributed by atoms with Gasteiger partial charge in [0.05, 0.1) is 29.2 Å². The monoisotopic (exact) mass is 455 g/mol. The number of ether oxygens (including phenoxy) is 1. The van der Waals surface area contributed by atoms with E-state index in [2.05, 4.69) is 30.9 Å². The van der Waals surface area contributed by atoms with E-state index in [1.807, 2.05) is 35.2 Å². The van der Waals surface area contributed by atoms with Gasteiger partial charge in [-0.15, -0.1) is 11.8 Å². The number of hydrogen-bond acceptors (Lipinski definition) is 6. The normalized spacial score (nSPS) is 14.8. The highest BCUT2D eigenvalue weighted by molar-refractivity contribution is 8.00. The lowest BCUT2D eigenvalue weighted by molar-refractivity contribution is -0.116. The van der Waals surface area contributed by atoms with Gasteiger partial charge in [-0.2, -0.15) is 0 Å². The van der Waals surface area contributed by atoms with Crippen LogP contribution in [0.15, 0.2) is 47.4 Å². The molecule has 1 aliphatic heterocycles. The summed E-state index contributed by atoms with van der Waals surface area (Å²) in [5, 5.41) is 0.810. The number of nitrogens with zero attached hydrogens (tertiary/aromatic N) is 3. The van der Waals surface area contributed by atoms with E-state index in [9.17, 15) is 4.79 Å². The number of fused-ring (bicyclic) bond motifs is 1. The number of thioether (sulfide) groups is 1. The van der Waals surface area contributed by atoms with Gasteiger partial charge in [0.15, 0.2) is 5.13 Å². The Bertz CT molecular complexity index is 1020. The molecule has 1 saturated heterocycles. The number of amides is 1. The number of aromatic nitrogens is 1. The molecule has 0 aliphatic carbocycles. The lowest BCUT2D eigenvalue weighted by Crippen LogP contribution is -2.39. The molecule has 2 aromatic carbocycles. The Hall–Kier alpha value is -1.93. The summed E-state index contributed by atoms with van der Waals surface area (Å²) in [7, 11) is 0. The van der Waals surface area contributed by atoms with Crippen molar-refractivity contribution in [3.8, 4) is 0 Å². The number of thiazole rings is 1. The molecular weight excluding hydrogens is 426 g/mol. The Labute approximate surface area is 192 Å². The van der Waals surface area contributed by atoms with E-state index in [0.717, 1.165) is 59.5 Å². The topological polar surface area (TPSA) is 45.7 Å². The van der Waals surface area contributed by atoms with Crippen LogP contribution in [0.3, 0.4) is 0 Å². The molecule has 0 unspecified atom stereocenters. The number of aryl methyl sites for hydroxylation is 2. The van der Waals surface area contributed by atoms with Crippen molar-refractivity contribution >= 4 is 44.4 Å². The molecule has 31 heavy (non-hydrogen) atoms. The fourth-order valence-electron chi connectivity index (χ4n) is 3.67. The zero-order valence-electron chi connectivity index (χ0n) is 18.2. The third kappa shape index (κ3) is 5.66. The quantitative estimate of drug-likeness (QED) is 0.458. The number of carbonyl (C=O) groups excluding carboxylic acids is 1. The lowest BCUT2D eigenvalue weighted by Gasteiger charge is -2.27. The summed E-state index contributed by atoms with van der Waals surface area (Å²) in [5.41, 5.74) is 3.44. The van der Waals surface area contributed by atoms with E-state index in [-0.39, 0.29) is 5.91 Å². The highest BCUT2D eigenvalue weighted by Crippen LogP contribution is 2.32. The number of anilines is 1. The van der Waals surface area contributed by atoms with Gasteiger partial charge in [0.25, 0.3) is 0 Å². The molecule has 2 heterocycles. The number of benzene rings is 2. The molecule has 1 aliphatic rings. The first-order valence-electron chi connectivity index (χ1n) is 10.8. The number of rotatable bonds is 8. The van der Waals surface area contributed by atoms with Gasteiger partial charge in [0.2, 0.25) is 5.91 Å². The summed E-state index contributed by atoms with van der Waals surface area (Å²) < 4.78 is 6.58. The first-order valence-corrected chi connectivity index (χ1v) is 12.6. The Morgan fingerprint density at radius 3 is 2.71 bits per heavy atom. The molecule has 0 radical (unpaired) electrons. The summed E-state index contributed by atoms with van der Waals surface area (Å²) in [6.07, 6.45) is 0.926. The summed E-state index contributed by atoms with van der Waals surface area (Å²) in [6, 6.07) is 14.4. The second-order valence-electron chi connectivity index (χ2n) is 7.81. The molecule has 7 heteroatoms. The van der Waals surface area contributed by atoms with E-state index >= 15 is 0 Å². The molecule has 0 spiro atoms. The fourth-order valence-corrected chi connectivity index (χ4v) is 5.54. The van der Waals surface area contributed by atoms with Gasteiger partial charge in [-0.3, -0.25) is 14.6 Å². The van der Waals surface area contributed by atoms with Crippen molar-refractivity contribution in [3.63, 3.8) is 0 Å². The minimum Gasteiger partial charge on any atom is -0.379 e. The number of carbonyl (C=O) groups is 1. The molecule has 0 N–H and O–H groups in total. The van der Waals surface area contributed by atoms with Gasteiger partial charge in [-0.05, 0) is 49.6 Å². The molecular formula is C24H29N3O2S2. The van der Waals surface area contributed by atoms with E-state index in [0.29, 0.717) is 12.3 Å². The van der Waals surface area contributed by atoms with E-state index in [4.69, 9.17) is 9.72 Å². The van der Waals surface area contributed by atoms with E-state index in [1.165, 1.54) is 11.1 Å². The average molecular weight is 456 g/mol. The van der Waals surface area contributed by atoms with Gasteiger partial charge in [0, 0.05) is 31.1 Å². The molecule has 4 rings (SSSR count). The van der Waals surface area contributed by atoms with Gasteiger partial charge < -0.3 is 4.74 Å². The maximum atomic E-state index is 13.3. The molecule has 164 valence electrons.